The first kappa shape index (κ1) is 9.73. The summed E-state index contributed by atoms with van der Waals surface area (Å²) in [7, 11) is 0. The van der Waals surface area contributed by atoms with E-state index in [4.69, 9.17) is 17.3 Å². The number of aromatic hydroxyl groups is 1. The molecule has 0 atom stereocenters. The quantitative estimate of drug-likeness (QED) is 0.771. The molecule has 3 N–H and O–H groups in total. The Morgan fingerprint density at radius 2 is 2.13 bits per heavy atom. The molecule has 5 heteroatoms. The molecule has 1 amide bonds. The first-order valence-electron chi connectivity index (χ1n) is 4.17. The summed E-state index contributed by atoms with van der Waals surface area (Å²) in [4.78, 5) is 14.8. The number of amides is 1. The van der Waals surface area contributed by atoms with Gasteiger partial charge in [-0.15, -0.1) is 0 Å². The Bertz CT molecular complexity index is 554. The van der Waals surface area contributed by atoms with Crippen molar-refractivity contribution in [2.75, 3.05) is 0 Å². The number of hydrogen-bond acceptors (Lipinski definition) is 3. The van der Waals surface area contributed by atoms with Crippen molar-refractivity contribution in [3.8, 4) is 5.75 Å². The largest absolute Gasteiger partial charge is 0.505 e. The second-order valence-electron chi connectivity index (χ2n) is 3.06. The average Bonchev–Trinajstić information content (AvgIpc) is 2.17. The Morgan fingerprint density at radius 1 is 1.40 bits per heavy atom. The summed E-state index contributed by atoms with van der Waals surface area (Å²) in [6.07, 6.45) is 0. The fraction of sp³-hybridized carbons (Fsp3) is 0. The number of rotatable bonds is 1. The van der Waals surface area contributed by atoms with Crippen molar-refractivity contribution in [2.24, 2.45) is 5.73 Å². The van der Waals surface area contributed by atoms with E-state index in [2.05, 4.69) is 4.98 Å². The third-order valence-corrected chi connectivity index (χ3v) is 2.23. The third-order valence-electron chi connectivity index (χ3n) is 1.99. The van der Waals surface area contributed by atoms with Crippen molar-refractivity contribution < 1.29 is 9.90 Å². The zero-order valence-corrected chi connectivity index (χ0v) is 8.32. The predicted molar refractivity (Wildman–Crippen MR) is 56.9 cm³/mol. The maximum atomic E-state index is 10.9. The van der Waals surface area contributed by atoms with Crippen molar-refractivity contribution in [1.29, 1.82) is 0 Å². The Hall–Kier alpha value is -1.81. The van der Waals surface area contributed by atoms with E-state index in [1.54, 1.807) is 18.2 Å². The number of hydrogen-bond donors (Lipinski definition) is 2. The second kappa shape index (κ2) is 3.40. The van der Waals surface area contributed by atoms with Gasteiger partial charge in [-0.1, -0.05) is 17.7 Å². The SMILES string of the molecule is NC(=O)c1nc2cc(Cl)ccc2cc1O. The topological polar surface area (TPSA) is 76.2 Å². The number of carbonyl (C=O) groups excluding carboxylic acids is 1. The van der Waals surface area contributed by atoms with E-state index < -0.39 is 5.91 Å². The molecule has 2 aromatic rings. The van der Waals surface area contributed by atoms with Crippen LogP contribution >= 0.6 is 11.6 Å². The van der Waals surface area contributed by atoms with Crippen LogP contribution in [0.4, 0.5) is 0 Å². The Morgan fingerprint density at radius 3 is 2.80 bits per heavy atom. The van der Waals surface area contributed by atoms with E-state index in [1.165, 1.54) is 6.07 Å². The lowest BCUT2D eigenvalue weighted by Gasteiger charge is -2.02. The van der Waals surface area contributed by atoms with Gasteiger partial charge in [0.2, 0.25) is 0 Å². The first-order chi connectivity index (χ1) is 7.08. The minimum absolute atomic E-state index is 0.148. The van der Waals surface area contributed by atoms with Crippen molar-refractivity contribution >= 4 is 28.4 Å². The van der Waals surface area contributed by atoms with E-state index in [9.17, 15) is 9.90 Å². The third kappa shape index (κ3) is 1.71. The summed E-state index contributed by atoms with van der Waals surface area (Å²) in [5, 5.41) is 10.7. The summed E-state index contributed by atoms with van der Waals surface area (Å²) in [5.74, 6) is -0.994. The molecule has 0 fully saturated rings. The van der Waals surface area contributed by atoms with E-state index in [0.29, 0.717) is 15.9 Å². The summed E-state index contributed by atoms with van der Waals surface area (Å²) in [6.45, 7) is 0. The number of fused-ring (bicyclic) bond motifs is 1. The average molecular weight is 223 g/mol. The molecule has 0 bridgehead atoms. The maximum absolute atomic E-state index is 10.9. The molecule has 0 radical (unpaired) electrons. The number of halogens is 1. The lowest BCUT2D eigenvalue weighted by atomic mass is 10.2. The summed E-state index contributed by atoms with van der Waals surface area (Å²) >= 11 is 5.77. The van der Waals surface area contributed by atoms with Gasteiger partial charge in [0, 0.05) is 10.4 Å². The lowest BCUT2D eigenvalue weighted by Crippen LogP contribution is -2.13. The number of benzene rings is 1. The molecular formula is C10H7ClN2O2. The van der Waals surface area contributed by atoms with Crippen LogP contribution in [-0.4, -0.2) is 16.0 Å². The number of nitrogens with two attached hydrogens (primary N) is 1. The molecule has 15 heavy (non-hydrogen) atoms. The highest BCUT2D eigenvalue weighted by Crippen LogP contribution is 2.23. The molecule has 0 aliphatic rings. The highest BCUT2D eigenvalue weighted by atomic mass is 35.5. The number of aromatic nitrogens is 1. The van der Waals surface area contributed by atoms with Gasteiger partial charge in [0.05, 0.1) is 5.52 Å². The normalized spacial score (nSPS) is 10.5. The number of primary amides is 1. The molecule has 2 rings (SSSR count). The molecule has 1 aromatic heterocycles. The number of nitrogens with zero attached hydrogens (tertiary/aromatic N) is 1. The van der Waals surface area contributed by atoms with Gasteiger partial charge in [-0.05, 0) is 18.2 Å². The number of pyridine rings is 1. The van der Waals surface area contributed by atoms with Crippen molar-refractivity contribution in [1.82, 2.24) is 4.98 Å². The van der Waals surface area contributed by atoms with Crippen LogP contribution < -0.4 is 5.73 Å². The van der Waals surface area contributed by atoms with Crippen LogP contribution in [0.5, 0.6) is 5.75 Å². The minimum atomic E-state index is -0.769. The molecule has 0 spiro atoms. The lowest BCUT2D eigenvalue weighted by molar-refractivity contribution is 0.0993. The van der Waals surface area contributed by atoms with Gasteiger partial charge in [0.1, 0.15) is 5.75 Å². The fourth-order valence-corrected chi connectivity index (χ4v) is 1.48. The van der Waals surface area contributed by atoms with Gasteiger partial charge in [0.25, 0.3) is 5.91 Å². The van der Waals surface area contributed by atoms with Gasteiger partial charge in [-0.25, -0.2) is 4.98 Å². The Balaban J connectivity index is 2.77. The van der Waals surface area contributed by atoms with Crippen LogP contribution in [0.15, 0.2) is 24.3 Å². The first-order valence-corrected chi connectivity index (χ1v) is 4.55. The Labute approximate surface area is 90.3 Å². The highest BCUT2D eigenvalue weighted by molar-refractivity contribution is 6.31. The van der Waals surface area contributed by atoms with Gasteiger partial charge >= 0.3 is 0 Å². The zero-order chi connectivity index (χ0) is 11.0. The summed E-state index contributed by atoms with van der Waals surface area (Å²) in [5.41, 5.74) is 5.42. The molecule has 0 aliphatic carbocycles. The van der Waals surface area contributed by atoms with E-state index >= 15 is 0 Å². The maximum Gasteiger partial charge on any atom is 0.271 e. The van der Waals surface area contributed by atoms with E-state index in [-0.39, 0.29) is 11.4 Å². The number of carbonyl (C=O) groups is 1. The Kier molecular flexibility index (Phi) is 2.21. The van der Waals surface area contributed by atoms with Crippen LogP contribution in [-0.2, 0) is 0 Å². The standard InChI is InChI=1S/C10H7ClN2O2/c11-6-2-1-5-3-8(14)9(10(12)15)13-7(5)4-6/h1-4,14H,(H2,12,15). The van der Waals surface area contributed by atoms with Crippen molar-refractivity contribution in [3.63, 3.8) is 0 Å². The predicted octanol–water partition coefficient (Wildman–Crippen LogP) is 1.69. The minimum Gasteiger partial charge on any atom is -0.505 e. The van der Waals surface area contributed by atoms with E-state index in [0.717, 1.165) is 0 Å². The summed E-state index contributed by atoms with van der Waals surface area (Å²) in [6, 6.07) is 6.41. The molecule has 4 nitrogen and oxygen atoms in total. The van der Waals surface area contributed by atoms with Gasteiger partial charge in [0.15, 0.2) is 5.69 Å². The van der Waals surface area contributed by atoms with Gasteiger partial charge < -0.3 is 10.8 Å². The van der Waals surface area contributed by atoms with Crippen LogP contribution in [0.3, 0.4) is 0 Å². The second-order valence-corrected chi connectivity index (χ2v) is 3.49. The molecule has 1 heterocycles. The smallest absolute Gasteiger partial charge is 0.271 e. The van der Waals surface area contributed by atoms with Gasteiger partial charge in [-0.3, -0.25) is 4.79 Å². The monoisotopic (exact) mass is 222 g/mol. The van der Waals surface area contributed by atoms with Crippen molar-refractivity contribution in [2.45, 2.75) is 0 Å². The molecule has 76 valence electrons. The molecule has 0 saturated heterocycles. The fourth-order valence-electron chi connectivity index (χ4n) is 1.31. The molecule has 1 aromatic carbocycles. The van der Waals surface area contributed by atoms with Crippen LogP contribution in [0.1, 0.15) is 10.5 Å². The highest BCUT2D eigenvalue weighted by Gasteiger charge is 2.10. The van der Waals surface area contributed by atoms with Gasteiger partial charge in [-0.2, -0.15) is 0 Å². The van der Waals surface area contributed by atoms with Crippen LogP contribution in [0.2, 0.25) is 5.02 Å². The molecule has 0 unspecified atom stereocenters. The van der Waals surface area contributed by atoms with Crippen LogP contribution in [0, 0.1) is 0 Å². The molecule has 0 saturated carbocycles. The zero-order valence-electron chi connectivity index (χ0n) is 7.57. The molecule has 0 aliphatic heterocycles. The summed E-state index contributed by atoms with van der Waals surface area (Å²) < 4.78 is 0. The van der Waals surface area contributed by atoms with E-state index in [1.807, 2.05) is 0 Å². The molecular weight excluding hydrogens is 216 g/mol. The van der Waals surface area contributed by atoms with Crippen molar-refractivity contribution in [3.05, 3.63) is 35.0 Å². The van der Waals surface area contributed by atoms with Crippen LogP contribution in [0.25, 0.3) is 10.9 Å².